The lowest BCUT2D eigenvalue weighted by molar-refractivity contribution is -0.384. The normalized spacial score (nSPS) is 20.0. The van der Waals surface area contributed by atoms with Gasteiger partial charge < -0.3 is 9.80 Å². The summed E-state index contributed by atoms with van der Waals surface area (Å²) in [4.78, 5) is 27.4. The molecule has 0 unspecified atom stereocenters. The van der Waals surface area contributed by atoms with Crippen molar-refractivity contribution in [3.63, 3.8) is 0 Å². The Morgan fingerprint density at radius 3 is 2.35 bits per heavy atom. The van der Waals surface area contributed by atoms with Crippen molar-refractivity contribution in [1.82, 2.24) is 9.80 Å². The highest BCUT2D eigenvalue weighted by Gasteiger charge is 2.26. The number of nitro benzene ring substituents is 1. The predicted molar refractivity (Wildman–Crippen MR) is 102 cm³/mol. The first-order chi connectivity index (χ1) is 12.5. The summed E-state index contributed by atoms with van der Waals surface area (Å²) < 4.78 is 0. The molecule has 1 amide bonds. The zero-order chi connectivity index (χ0) is 18.5. The van der Waals surface area contributed by atoms with E-state index in [2.05, 4.69) is 4.90 Å². The Hall–Kier alpha value is -1.66. The van der Waals surface area contributed by atoms with Crippen molar-refractivity contribution in [3.05, 3.63) is 38.9 Å². The lowest BCUT2D eigenvalue weighted by Gasteiger charge is -2.34. The van der Waals surface area contributed by atoms with Gasteiger partial charge in [0.2, 0.25) is 0 Å². The molecule has 0 bridgehead atoms. The molecule has 2 fully saturated rings. The molecule has 142 valence electrons. The minimum Gasteiger partial charge on any atom is -0.339 e. The summed E-state index contributed by atoms with van der Waals surface area (Å²) in [5, 5.41) is 11.0. The van der Waals surface area contributed by atoms with E-state index < -0.39 is 4.92 Å². The van der Waals surface area contributed by atoms with Crippen molar-refractivity contribution >= 4 is 23.2 Å². The summed E-state index contributed by atoms with van der Waals surface area (Å²) in [6.07, 6.45) is 7.31. The molecule has 26 heavy (non-hydrogen) atoms. The Morgan fingerprint density at radius 2 is 1.77 bits per heavy atom. The molecular weight excluding hydrogens is 354 g/mol. The van der Waals surface area contributed by atoms with Gasteiger partial charge >= 0.3 is 0 Å². The maximum Gasteiger partial charge on any atom is 0.270 e. The zero-order valence-electron chi connectivity index (χ0n) is 15.0. The fourth-order valence-corrected chi connectivity index (χ4v) is 4.22. The highest BCUT2D eigenvalue weighted by molar-refractivity contribution is 6.34. The first kappa shape index (κ1) is 19.1. The van der Waals surface area contributed by atoms with Gasteiger partial charge in [-0.25, -0.2) is 0 Å². The van der Waals surface area contributed by atoms with Gasteiger partial charge in [-0.3, -0.25) is 14.9 Å². The van der Waals surface area contributed by atoms with Crippen LogP contribution in [0.2, 0.25) is 5.02 Å². The second kappa shape index (κ2) is 8.82. The summed E-state index contributed by atoms with van der Waals surface area (Å²) in [6.45, 7) is 5.00. The number of likely N-dealkylation sites (tertiary alicyclic amines) is 2. The van der Waals surface area contributed by atoms with Gasteiger partial charge in [-0.15, -0.1) is 0 Å². The number of halogens is 1. The van der Waals surface area contributed by atoms with Crippen LogP contribution in [0.3, 0.4) is 0 Å². The first-order valence-corrected chi connectivity index (χ1v) is 9.88. The van der Waals surface area contributed by atoms with Crippen LogP contribution in [0.1, 0.15) is 48.9 Å². The molecule has 2 aliphatic heterocycles. The Balaban J connectivity index is 1.54. The average Bonchev–Trinajstić information content (AvgIpc) is 2.90. The van der Waals surface area contributed by atoms with E-state index >= 15 is 0 Å². The van der Waals surface area contributed by atoms with Crippen molar-refractivity contribution in [2.45, 2.75) is 38.5 Å². The Labute approximate surface area is 159 Å². The van der Waals surface area contributed by atoms with Gasteiger partial charge in [0.1, 0.15) is 0 Å². The summed E-state index contributed by atoms with van der Waals surface area (Å²) in [5.41, 5.74) is 0.256. The third-order valence-corrected chi connectivity index (χ3v) is 5.82. The third-order valence-electron chi connectivity index (χ3n) is 5.51. The third kappa shape index (κ3) is 4.74. The number of piperidine rings is 1. The number of nitrogens with zero attached hydrogens (tertiary/aromatic N) is 3. The SMILES string of the molecule is O=C(c1ccc([N+](=O)[O-])cc1Cl)N1CCC(CN2CCCCCC2)CC1. The van der Waals surface area contributed by atoms with Gasteiger partial charge in [-0.1, -0.05) is 24.4 Å². The maximum atomic E-state index is 12.7. The molecule has 0 N–H and O–H groups in total. The molecule has 1 aromatic rings. The fraction of sp³-hybridized carbons (Fsp3) is 0.632. The summed E-state index contributed by atoms with van der Waals surface area (Å²) in [6, 6.07) is 4.05. The van der Waals surface area contributed by atoms with Crippen LogP contribution in [-0.2, 0) is 0 Å². The molecule has 1 aromatic carbocycles. The Morgan fingerprint density at radius 1 is 1.12 bits per heavy atom. The second-order valence-electron chi connectivity index (χ2n) is 7.37. The molecule has 2 aliphatic rings. The molecule has 3 rings (SSSR count). The molecule has 2 heterocycles. The van der Waals surface area contributed by atoms with Crippen molar-refractivity contribution in [2.75, 3.05) is 32.7 Å². The van der Waals surface area contributed by atoms with E-state index in [4.69, 9.17) is 11.6 Å². The Kier molecular flexibility index (Phi) is 6.48. The van der Waals surface area contributed by atoms with E-state index in [-0.39, 0.29) is 16.6 Å². The smallest absolute Gasteiger partial charge is 0.270 e. The number of hydrogen-bond acceptors (Lipinski definition) is 4. The number of non-ortho nitro benzene ring substituents is 1. The maximum absolute atomic E-state index is 12.7. The summed E-state index contributed by atoms with van der Waals surface area (Å²) in [7, 11) is 0. The van der Waals surface area contributed by atoms with E-state index in [0.29, 0.717) is 11.5 Å². The lowest BCUT2D eigenvalue weighted by Crippen LogP contribution is -2.41. The van der Waals surface area contributed by atoms with Crippen LogP contribution < -0.4 is 0 Å². The van der Waals surface area contributed by atoms with Gasteiger partial charge in [0, 0.05) is 31.8 Å². The summed E-state index contributed by atoms with van der Waals surface area (Å²) in [5.74, 6) is 0.516. The van der Waals surface area contributed by atoms with Crippen LogP contribution in [-0.4, -0.2) is 53.4 Å². The number of rotatable bonds is 4. The quantitative estimate of drug-likeness (QED) is 0.586. The zero-order valence-corrected chi connectivity index (χ0v) is 15.8. The standard InChI is InChI=1S/C19H26ClN3O3/c20-18-13-16(23(25)26)5-6-17(18)19(24)22-11-7-15(8-12-22)14-21-9-3-1-2-4-10-21/h5-6,13,15H,1-4,7-12,14H2. The number of hydrogen-bond donors (Lipinski definition) is 0. The minimum atomic E-state index is -0.505. The molecule has 0 aliphatic carbocycles. The molecule has 0 saturated carbocycles. The number of amides is 1. The molecule has 0 spiro atoms. The molecule has 6 nitrogen and oxygen atoms in total. The highest BCUT2D eigenvalue weighted by atomic mass is 35.5. The van der Waals surface area contributed by atoms with Crippen LogP contribution in [0.25, 0.3) is 0 Å². The fourth-order valence-electron chi connectivity index (χ4n) is 3.96. The number of carbonyl (C=O) groups excluding carboxylic acids is 1. The largest absolute Gasteiger partial charge is 0.339 e. The molecule has 0 atom stereocenters. The first-order valence-electron chi connectivity index (χ1n) is 9.50. The van der Waals surface area contributed by atoms with Gasteiger partial charge in [0.05, 0.1) is 15.5 Å². The van der Waals surface area contributed by atoms with Crippen LogP contribution in [0, 0.1) is 16.0 Å². The molecule has 7 heteroatoms. The molecular formula is C19H26ClN3O3. The van der Waals surface area contributed by atoms with E-state index in [1.165, 1.54) is 57.0 Å². The topological polar surface area (TPSA) is 66.7 Å². The van der Waals surface area contributed by atoms with Gasteiger partial charge in [0.15, 0.2) is 0 Å². The van der Waals surface area contributed by atoms with Crippen molar-refractivity contribution in [1.29, 1.82) is 0 Å². The van der Waals surface area contributed by atoms with E-state index in [1.54, 1.807) is 0 Å². The molecule has 0 aromatic heterocycles. The Bertz CT molecular complexity index is 651. The van der Waals surface area contributed by atoms with Gasteiger partial charge in [-0.05, 0) is 50.8 Å². The highest BCUT2D eigenvalue weighted by Crippen LogP contribution is 2.26. The number of nitro groups is 1. The molecule has 2 saturated heterocycles. The summed E-state index contributed by atoms with van der Waals surface area (Å²) >= 11 is 6.10. The van der Waals surface area contributed by atoms with E-state index in [0.717, 1.165) is 32.5 Å². The van der Waals surface area contributed by atoms with Crippen LogP contribution in [0.15, 0.2) is 18.2 Å². The van der Waals surface area contributed by atoms with Crippen molar-refractivity contribution in [3.8, 4) is 0 Å². The van der Waals surface area contributed by atoms with Crippen LogP contribution in [0.4, 0.5) is 5.69 Å². The lowest BCUT2D eigenvalue weighted by atomic mass is 9.95. The van der Waals surface area contributed by atoms with Crippen molar-refractivity contribution in [2.24, 2.45) is 5.92 Å². The van der Waals surface area contributed by atoms with E-state index in [9.17, 15) is 14.9 Å². The van der Waals surface area contributed by atoms with Gasteiger partial charge in [-0.2, -0.15) is 0 Å². The van der Waals surface area contributed by atoms with Crippen LogP contribution in [0.5, 0.6) is 0 Å². The average molecular weight is 380 g/mol. The van der Waals surface area contributed by atoms with Gasteiger partial charge in [0.25, 0.3) is 11.6 Å². The number of benzene rings is 1. The molecule has 0 radical (unpaired) electrons. The monoisotopic (exact) mass is 379 g/mol. The van der Waals surface area contributed by atoms with Crippen LogP contribution >= 0.6 is 11.6 Å². The van der Waals surface area contributed by atoms with Crippen molar-refractivity contribution < 1.29 is 9.72 Å². The minimum absolute atomic E-state index is 0.0947. The second-order valence-corrected chi connectivity index (χ2v) is 7.78. The predicted octanol–water partition coefficient (Wildman–Crippen LogP) is 3.98. The number of carbonyl (C=O) groups is 1. The van der Waals surface area contributed by atoms with E-state index in [1.807, 2.05) is 4.90 Å².